The van der Waals surface area contributed by atoms with E-state index in [-0.39, 0.29) is 18.9 Å². The summed E-state index contributed by atoms with van der Waals surface area (Å²) in [4.78, 5) is 0. The van der Waals surface area contributed by atoms with E-state index in [1.165, 1.54) is 0 Å². The summed E-state index contributed by atoms with van der Waals surface area (Å²) in [5.41, 5.74) is 0. The van der Waals surface area contributed by atoms with Crippen LogP contribution < -0.4 is 0 Å². The Morgan fingerprint density at radius 1 is 0.389 bits per heavy atom. The normalized spacial score (nSPS) is 10.2. The molecule has 0 saturated heterocycles. The molecule has 0 N–H and O–H groups in total. The van der Waals surface area contributed by atoms with Crippen molar-refractivity contribution in [3.63, 3.8) is 0 Å². The number of hydrogen-bond donors (Lipinski definition) is 0. The fraction of sp³-hybridized carbons (Fsp3) is 0. The molecule has 0 unspecified atom stereocenters. The van der Waals surface area contributed by atoms with Crippen molar-refractivity contribution in [3.05, 3.63) is 13.2 Å². The van der Waals surface area contributed by atoms with Crippen molar-refractivity contribution < 1.29 is 51.8 Å². The van der Waals surface area contributed by atoms with Gasteiger partial charge in [0.05, 0.1) is 0 Å². The van der Waals surface area contributed by atoms with Gasteiger partial charge in [-0.25, -0.2) is 0 Å². The maximum atomic E-state index is 9.75. The molecular weight excluding hydrogens is 291 g/mol. The molecule has 0 amide bonds. The molecule has 0 radical (unpaired) electrons. The Hall–Kier alpha value is -0.308. The third-order valence-corrected chi connectivity index (χ3v) is 0. The molecule has 0 atom stereocenters. The van der Waals surface area contributed by atoms with Gasteiger partial charge in [0.1, 0.15) is 0 Å². The fourth-order valence-corrected chi connectivity index (χ4v) is 0. The van der Waals surface area contributed by atoms with Crippen molar-refractivity contribution in [2.45, 2.75) is 0 Å². The van der Waals surface area contributed by atoms with Crippen LogP contribution >= 0.6 is 0 Å². The van der Waals surface area contributed by atoms with Crippen LogP contribution in [0.2, 0.25) is 0 Å². The summed E-state index contributed by atoms with van der Waals surface area (Å²) >= 11 is 0. The van der Waals surface area contributed by atoms with Crippen molar-refractivity contribution >= 4 is 40.6 Å². The van der Waals surface area contributed by atoms with Crippen molar-refractivity contribution in [3.8, 4) is 0 Å². The Morgan fingerprint density at radius 3 is 0.389 bits per heavy atom. The van der Waals surface area contributed by atoms with Crippen LogP contribution in [0.5, 0.6) is 0 Å². The van der Waals surface area contributed by atoms with E-state index in [4.69, 9.17) is 0 Å². The predicted molar refractivity (Wildman–Crippen MR) is 49.0 cm³/mol. The van der Waals surface area contributed by atoms with E-state index in [9.17, 15) is 51.8 Å². The fourth-order valence-electron chi connectivity index (χ4n) is 0. The molecule has 0 fully saturated rings. The average Bonchev–Trinajstić information content (AvgIpc) is 1.77. The molecule has 0 aliphatic carbocycles. The van der Waals surface area contributed by atoms with E-state index < -0.39 is 21.8 Å². The summed E-state index contributed by atoms with van der Waals surface area (Å²) in [6.45, 7) is 6.00. The van der Waals surface area contributed by atoms with Crippen LogP contribution in [0.3, 0.4) is 0 Å². The average molecular weight is 296 g/mol. The van der Waals surface area contributed by atoms with Crippen LogP contribution in [0.15, 0.2) is 13.2 Å². The van der Waals surface area contributed by atoms with Gasteiger partial charge in [-0.05, 0) is 0 Å². The molecule has 0 bridgehead atoms. The SMILES string of the molecule is C=C.F[B-](F)(F)F.F[B-](F)(F)F.F[B-](F)(F)F.[LiH]. The second kappa shape index (κ2) is 13.1. The van der Waals surface area contributed by atoms with Crippen LogP contribution in [0, 0.1) is 0 Å². The Morgan fingerprint density at radius 2 is 0.389 bits per heavy atom. The van der Waals surface area contributed by atoms with Gasteiger partial charge >= 0.3 is 40.6 Å². The molecule has 0 rings (SSSR count). The second-order valence-electron chi connectivity index (χ2n) is 1.48. The van der Waals surface area contributed by atoms with Gasteiger partial charge in [-0.15, -0.1) is 13.2 Å². The zero-order chi connectivity index (χ0) is 15.5. The van der Waals surface area contributed by atoms with E-state index in [1.807, 2.05) is 0 Å². The molecule has 0 saturated carbocycles. The van der Waals surface area contributed by atoms with Crippen molar-refractivity contribution in [2.75, 3.05) is 0 Å². The van der Waals surface area contributed by atoms with Crippen LogP contribution in [0.25, 0.3) is 0 Å². The third kappa shape index (κ3) is 35800. The summed E-state index contributed by atoms with van der Waals surface area (Å²) in [6, 6.07) is 0. The Balaban J connectivity index is -0.0000000427. The van der Waals surface area contributed by atoms with E-state index in [1.54, 1.807) is 0 Å². The van der Waals surface area contributed by atoms with Gasteiger partial charge in [0, 0.05) is 0 Å². The molecule has 0 aromatic carbocycles. The van der Waals surface area contributed by atoms with Gasteiger partial charge in [0.15, 0.2) is 0 Å². The molecule has 0 aliphatic heterocycles. The summed E-state index contributed by atoms with van der Waals surface area (Å²) in [5.74, 6) is 0. The molecule has 0 aromatic heterocycles. The van der Waals surface area contributed by atoms with E-state index >= 15 is 0 Å². The first-order valence-corrected chi connectivity index (χ1v) is 3.12. The monoisotopic (exact) mass is 297 g/mol. The topological polar surface area (TPSA) is 0 Å². The first-order valence-electron chi connectivity index (χ1n) is 3.12. The van der Waals surface area contributed by atoms with Crippen molar-refractivity contribution in [1.29, 1.82) is 0 Å². The van der Waals surface area contributed by atoms with Crippen LogP contribution in [-0.4, -0.2) is 40.6 Å². The first kappa shape index (κ1) is 30.6. The first-order chi connectivity index (χ1) is 7.00. The molecule has 0 spiro atoms. The molecular formula is C2H5B3F12Li-3. The Labute approximate surface area is 106 Å². The van der Waals surface area contributed by atoms with Gasteiger partial charge in [0.2, 0.25) is 0 Å². The van der Waals surface area contributed by atoms with Crippen molar-refractivity contribution in [2.24, 2.45) is 0 Å². The van der Waals surface area contributed by atoms with Crippen LogP contribution in [0.1, 0.15) is 0 Å². The number of hydrogen-bond acceptors (Lipinski definition) is 0. The molecule has 18 heavy (non-hydrogen) atoms. The zero-order valence-corrected chi connectivity index (χ0v) is 7.68. The molecule has 0 heterocycles. The molecule has 0 aromatic rings. The van der Waals surface area contributed by atoms with Crippen LogP contribution in [-0.2, 0) is 0 Å². The molecule has 110 valence electrons. The van der Waals surface area contributed by atoms with Crippen molar-refractivity contribution in [1.82, 2.24) is 0 Å². The minimum atomic E-state index is -6.00. The zero-order valence-electron chi connectivity index (χ0n) is 7.68. The van der Waals surface area contributed by atoms with E-state index in [0.29, 0.717) is 0 Å². The molecule has 0 aliphatic rings. The van der Waals surface area contributed by atoms with Gasteiger partial charge in [-0.2, -0.15) is 0 Å². The summed E-state index contributed by atoms with van der Waals surface area (Å²) in [7, 11) is -18.0. The van der Waals surface area contributed by atoms with Gasteiger partial charge in [0.25, 0.3) is 0 Å². The molecule has 16 heteroatoms. The Bertz CT molecular complexity index is 112. The number of halogens is 12. The van der Waals surface area contributed by atoms with Gasteiger partial charge in [-0.3, -0.25) is 0 Å². The standard InChI is InChI=1S/C2H4.3BF4.Li.H/c1-2;3*2-1(3,4)5;;/h1-2H2;;;;;/q;3*-1;;. The van der Waals surface area contributed by atoms with E-state index in [0.717, 1.165) is 0 Å². The summed E-state index contributed by atoms with van der Waals surface area (Å²) in [5, 5.41) is 0. The maximum absolute atomic E-state index is 9.75. The summed E-state index contributed by atoms with van der Waals surface area (Å²) in [6.07, 6.45) is 0. The van der Waals surface area contributed by atoms with Gasteiger partial charge in [-0.1, -0.05) is 0 Å². The third-order valence-electron chi connectivity index (χ3n) is 0. The molecule has 0 nitrogen and oxygen atoms in total. The minimum absolute atomic E-state index is 0. The van der Waals surface area contributed by atoms with Crippen LogP contribution in [0.4, 0.5) is 51.8 Å². The predicted octanol–water partition coefficient (Wildman–Crippen LogP) is 4.05. The quantitative estimate of drug-likeness (QED) is 0.359. The summed E-state index contributed by atoms with van der Waals surface area (Å²) < 4.78 is 117. The number of rotatable bonds is 0. The Kier molecular flexibility index (Phi) is 22.3. The van der Waals surface area contributed by atoms with Gasteiger partial charge < -0.3 is 51.8 Å². The second-order valence-corrected chi connectivity index (χ2v) is 1.48. The van der Waals surface area contributed by atoms with E-state index in [2.05, 4.69) is 13.2 Å².